The highest BCUT2D eigenvalue weighted by molar-refractivity contribution is 9.10. The Morgan fingerprint density at radius 1 is 1.24 bits per heavy atom. The number of esters is 1. The predicted molar refractivity (Wildman–Crippen MR) is 113 cm³/mol. The van der Waals surface area contributed by atoms with E-state index in [9.17, 15) is 9.59 Å². The number of carbonyl (C=O) groups excluding carboxylic acids is 2. The molecule has 0 aliphatic carbocycles. The molecule has 152 valence electrons. The number of amides is 1. The van der Waals surface area contributed by atoms with Crippen molar-refractivity contribution in [3.05, 3.63) is 52.5 Å². The normalized spacial score (nSPS) is 18.2. The summed E-state index contributed by atoms with van der Waals surface area (Å²) in [5.41, 5.74) is 8.16. The number of benzene rings is 2. The summed E-state index contributed by atoms with van der Waals surface area (Å²) in [6.45, 7) is 0.314. The summed E-state index contributed by atoms with van der Waals surface area (Å²) >= 11 is 3.53. The van der Waals surface area contributed by atoms with Crippen LogP contribution in [0.4, 0.5) is 0 Å². The lowest BCUT2D eigenvalue weighted by Gasteiger charge is -2.14. The monoisotopic (exact) mass is 459 g/mol. The molecule has 0 saturated carbocycles. The summed E-state index contributed by atoms with van der Waals surface area (Å²) < 4.78 is 11.3. The van der Waals surface area contributed by atoms with Crippen LogP contribution in [-0.2, 0) is 14.3 Å². The van der Waals surface area contributed by atoms with Crippen molar-refractivity contribution in [2.45, 2.75) is 18.9 Å². The lowest BCUT2D eigenvalue weighted by molar-refractivity contribution is -0.143. The van der Waals surface area contributed by atoms with Gasteiger partial charge in [-0.05, 0) is 45.6 Å². The van der Waals surface area contributed by atoms with E-state index in [0.717, 1.165) is 15.6 Å². The van der Waals surface area contributed by atoms with E-state index < -0.39 is 0 Å². The van der Waals surface area contributed by atoms with E-state index in [2.05, 4.69) is 26.0 Å². The molecule has 1 amide bonds. The number of carbonyl (C=O) groups is 2. The van der Waals surface area contributed by atoms with Gasteiger partial charge in [0.1, 0.15) is 18.2 Å². The average Bonchev–Trinajstić information content (AvgIpc) is 3.06. The molecule has 0 bridgehead atoms. The van der Waals surface area contributed by atoms with Crippen LogP contribution in [0.25, 0.3) is 11.1 Å². The van der Waals surface area contributed by atoms with Crippen LogP contribution >= 0.6 is 15.9 Å². The van der Waals surface area contributed by atoms with E-state index in [1.54, 1.807) is 0 Å². The van der Waals surface area contributed by atoms with Crippen LogP contribution < -0.4 is 15.8 Å². The zero-order valence-electron chi connectivity index (χ0n) is 15.9. The Hall–Kier alpha value is -2.87. The number of ether oxygens (including phenoxy) is 2. The maximum atomic E-state index is 12.0. The Morgan fingerprint density at radius 3 is 2.55 bits per heavy atom. The minimum Gasteiger partial charge on any atom is -0.490 e. The van der Waals surface area contributed by atoms with Gasteiger partial charge in [0.2, 0.25) is 5.91 Å². The maximum Gasteiger partial charge on any atom is 0.306 e. The number of rotatable bonds is 7. The number of nitrogen functional groups attached to an aromatic ring is 1. The van der Waals surface area contributed by atoms with Crippen molar-refractivity contribution in [2.75, 3.05) is 13.7 Å². The van der Waals surface area contributed by atoms with Crippen molar-refractivity contribution < 1.29 is 19.1 Å². The maximum absolute atomic E-state index is 12.0. The molecule has 3 rings (SSSR count). The molecule has 0 unspecified atom stereocenters. The third-order valence-electron chi connectivity index (χ3n) is 4.83. The summed E-state index contributed by atoms with van der Waals surface area (Å²) in [6, 6.07) is 13.0. The van der Waals surface area contributed by atoms with Crippen LogP contribution in [0.2, 0.25) is 0 Å². The Labute approximate surface area is 177 Å². The van der Waals surface area contributed by atoms with Crippen molar-refractivity contribution in [1.82, 2.24) is 5.32 Å². The van der Waals surface area contributed by atoms with Crippen molar-refractivity contribution in [2.24, 2.45) is 11.7 Å². The molecule has 8 heteroatoms. The first-order chi connectivity index (χ1) is 13.9. The van der Waals surface area contributed by atoms with Crippen LogP contribution in [0.5, 0.6) is 5.75 Å². The van der Waals surface area contributed by atoms with Gasteiger partial charge in [0.05, 0.1) is 30.0 Å². The Balaban J connectivity index is 1.60. The standard InChI is InChI=1S/C21H22BrN3O4/c1-28-19(26)10-15-8-16(25-21(15)27)11-29-18-7-6-14(9-17(18)22)12-2-4-13(5-3-12)20(23)24/h2-7,9,15-16H,8,10-11H2,1H3,(H3,23,24)(H,25,27)/t15-,16-/m0/s1. The number of nitrogens with one attached hydrogen (secondary N) is 2. The third kappa shape index (κ3) is 5.14. The van der Waals surface area contributed by atoms with E-state index in [1.165, 1.54) is 7.11 Å². The van der Waals surface area contributed by atoms with Gasteiger partial charge in [-0.25, -0.2) is 0 Å². The SMILES string of the molecule is COC(=O)C[C@@H]1C[C@@H](COc2ccc(-c3ccc(C(=N)N)cc3)cc2Br)NC1=O. The summed E-state index contributed by atoms with van der Waals surface area (Å²) in [6.07, 6.45) is 0.617. The zero-order valence-corrected chi connectivity index (χ0v) is 17.5. The number of hydrogen-bond acceptors (Lipinski definition) is 5. The molecule has 1 saturated heterocycles. The van der Waals surface area contributed by atoms with Crippen molar-refractivity contribution in [1.29, 1.82) is 5.41 Å². The molecule has 2 atom stereocenters. The molecule has 0 aromatic heterocycles. The van der Waals surface area contributed by atoms with Gasteiger partial charge in [0, 0.05) is 5.56 Å². The Kier molecular flexibility index (Phi) is 6.53. The molecule has 1 fully saturated rings. The summed E-state index contributed by atoms with van der Waals surface area (Å²) in [4.78, 5) is 23.4. The van der Waals surface area contributed by atoms with Crippen LogP contribution in [0.1, 0.15) is 18.4 Å². The van der Waals surface area contributed by atoms with Gasteiger partial charge >= 0.3 is 5.97 Å². The smallest absolute Gasteiger partial charge is 0.306 e. The second-order valence-electron chi connectivity index (χ2n) is 6.87. The molecule has 7 nitrogen and oxygen atoms in total. The predicted octanol–water partition coefficient (Wildman–Crippen LogP) is 2.85. The summed E-state index contributed by atoms with van der Waals surface area (Å²) in [7, 11) is 1.31. The highest BCUT2D eigenvalue weighted by atomic mass is 79.9. The highest BCUT2D eigenvalue weighted by Gasteiger charge is 2.34. The van der Waals surface area contributed by atoms with Gasteiger partial charge in [-0.15, -0.1) is 0 Å². The van der Waals surface area contributed by atoms with Gasteiger partial charge in [-0.2, -0.15) is 0 Å². The fraction of sp³-hybridized carbons (Fsp3) is 0.286. The van der Waals surface area contributed by atoms with Crippen molar-refractivity contribution >= 4 is 33.6 Å². The number of nitrogens with two attached hydrogens (primary N) is 1. The first-order valence-corrected chi connectivity index (χ1v) is 9.91. The van der Waals surface area contributed by atoms with Gasteiger partial charge in [-0.1, -0.05) is 30.3 Å². The van der Waals surface area contributed by atoms with Gasteiger partial charge in [0.15, 0.2) is 0 Å². The molecule has 1 aliphatic heterocycles. The molecule has 0 spiro atoms. The van der Waals surface area contributed by atoms with E-state index >= 15 is 0 Å². The van der Waals surface area contributed by atoms with E-state index in [1.807, 2.05) is 42.5 Å². The van der Waals surface area contributed by atoms with Gasteiger partial charge in [-0.3, -0.25) is 15.0 Å². The van der Waals surface area contributed by atoms with Crippen molar-refractivity contribution in [3.8, 4) is 16.9 Å². The molecule has 2 aromatic rings. The molecular weight excluding hydrogens is 438 g/mol. The lowest BCUT2D eigenvalue weighted by atomic mass is 10.0. The highest BCUT2D eigenvalue weighted by Crippen LogP contribution is 2.31. The summed E-state index contributed by atoms with van der Waals surface area (Å²) in [5, 5.41) is 10.3. The average molecular weight is 460 g/mol. The Bertz CT molecular complexity index is 930. The van der Waals surface area contributed by atoms with Crippen LogP contribution in [0.15, 0.2) is 46.9 Å². The van der Waals surface area contributed by atoms with Crippen LogP contribution in [-0.4, -0.2) is 37.5 Å². The second kappa shape index (κ2) is 9.09. The van der Waals surface area contributed by atoms with E-state index in [0.29, 0.717) is 24.3 Å². The largest absolute Gasteiger partial charge is 0.490 e. The number of hydrogen-bond donors (Lipinski definition) is 3. The zero-order chi connectivity index (χ0) is 21.0. The minimum atomic E-state index is -0.388. The topological polar surface area (TPSA) is 114 Å². The fourth-order valence-electron chi connectivity index (χ4n) is 3.23. The molecular formula is C21H22BrN3O4. The molecule has 0 radical (unpaired) electrons. The molecule has 2 aromatic carbocycles. The van der Waals surface area contributed by atoms with Crippen LogP contribution in [0, 0.1) is 11.3 Å². The minimum absolute atomic E-state index is 0.0364. The van der Waals surface area contributed by atoms with E-state index in [-0.39, 0.29) is 36.1 Å². The molecule has 4 N–H and O–H groups in total. The first-order valence-electron chi connectivity index (χ1n) is 9.11. The summed E-state index contributed by atoms with van der Waals surface area (Å²) in [5.74, 6) is -0.206. The van der Waals surface area contributed by atoms with Crippen molar-refractivity contribution in [3.63, 3.8) is 0 Å². The van der Waals surface area contributed by atoms with Gasteiger partial charge < -0.3 is 20.5 Å². The quantitative estimate of drug-likeness (QED) is 0.334. The second-order valence-corrected chi connectivity index (χ2v) is 7.72. The Morgan fingerprint density at radius 2 is 1.93 bits per heavy atom. The fourth-order valence-corrected chi connectivity index (χ4v) is 3.72. The van der Waals surface area contributed by atoms with Crippen LogP contribution in [0.3, 0.4) is 0 Å². The number of methoxy groups -OCH3 is 1. The van der Waals surface area contributed by atoms with E-state index in [4.69, 9.17) is 15.9 Å². The lowest BCUT2D eigenvalue weighted by Crippen LogP contribution is -2.31. The third-order valence-corrected chi connectivity index (χ3v) is 5.45. The first kappa shape index (κ1) is 20.9. The molecule has 29 heavy (non-hydrogen) atoms. The molecule has 1 aliphatic rings. The molecule has 1 heterocycles. The number of amidine groups is 1. The van der Waals surface area contributed by atoms with Gasteiger partial charge in [0.25, 0.3) is 0 Å². The number of halogens is 1.